The van der Waals surface area contributed by atoms with E-state index < -0.39 is 10.8 Å². The first kappa shape index (κ1) is 20.9. The van der Waals surface area contributed by atoms with E-state index in [4.69, 9.17) is 0 Å². The minimum Gasteiger partial charge on any atom is -0.342 e. The van der Waals surface area contributed by atoms with Gasteiger partial charge in [0.15, 0.2) is 0 Å². The quantitative estimate of drug-likeness (QED) is 0.267. The fourth-order valence-electron chi connectivity index (χ4n) is 3.54. The highest BCUT2D eigenvalue weighted by Crippen LogP contribution is 2.22. The first-order valence-electron chi connectivity index (χ1n) is 9.88. The van der Waals surface area contributed by atoms with Crippen molar-refractivity contribution in [2.75, 3.05) is 0 Å². The van der Waals surface area contributed by atoms with Gasteiger partial charge in [0.05, 0.1) is 24.1 Å². The van der Waals surface area contributed by atoms with E-state index in [-0.39, 0.29) is 17.9 Å². The zero-order valence-electron chi connectivity index (χ0n) is 16.9. The number of amides is 1. The molecule has 0 spiro atoms. The van der Waals surface area contributed by atoms with Crippen molar-refractivity contribution in [2.45, 2.75) is 13.0 Å². The molecule has 0 aliphatic carbocycles. The molecule has 1 heterocycles. The fourth-order valence-corrected chi connectivity index (χ4v) is 3.54. The van der Waals surface area contributed by atoms with E-state index in [1.807, 2.05) is 35.0 Å². The lowest BCUT2D eigenvalue weighted by molar-refractivity contribution is -0.385. The monoisotopic (exact) mass is 430 g/mol. The summed E-state index contributed by atoms with van der Waals surface area (Å²) in [6.45, 7) is 0.352. The normalized spacial score (nSPS) is 11.2. The van der Waals surface area contributed by atoms with E-state index in [0.717, 1.165) is 16.5 Å². The van der Waals surface area contributed by atoms with Crippen LogP contribution in [-0.2, 0) is 17.8 Å². The van der Waals surface area contributed by atoms with Crippen molar-refractivity contribution in [3.8, 4) is 0 Å². The maximum Gasteiger partial charge on any atom is 0.273 e. The van der Waals surface area contributed by atoms with Crippen LogP contribution >= 0.6 is 0 Å². The SMILES string of the molecule is O=C(Cc1ccccc1[N+](=O)[O-])N/N=C/c1cn(Cc2ccccc2F)c2ccccc12. The van der Waals surface area contributed by atoms with E-state index in [1.54, 1.807) is 30.3 Å². The van der Waals surface area contributed by atoms with E-state index >= 15 is 0 Å². The number of hydrogen-bond acceptors (Lipinski definition) is 4. The van der Waals surface area contributed by atoms with Crippen LogP contribution in [0, 0.1) is 15.9 Å². The number of nitrogens with one attached hydrogen (secondary N) is 1. The molecule has 1 aromatic heterocycles. The molecule has 0 unspecified atom stereocenters. The molecule has 4 aromatic rings. The van der Waals surface area contributed by atoms with Crippen molar-refractivity contribution in [3.63, 3.8) is 0 Å². The minimum atomic E-state index is -0.518. The molecule has 0 radical (unpaired) electrons. The number of nitro groups is 1. The third kappa shape index (κ3) is 4.54. The average Bonchev–Trinajstić information content (AvgIpc) is 3.13. The molecule has 0 aliphatic heterocycles. The highest BCUT2D eigenvalue weighted by Gasteiger charge is 2.15. The molecule has 7 nitrogen and oxygen atoms in total. The summed E-state index contributed by atoms with van der Waals surface area (Å²) in [6.07, 6.45) is 3.19. The number of fused-ring (bicyclic) bond motifs is 1. The van der Waals surface area contributed by atoms with Crippen molar-refractivity contribution in [1.82, 2.24) is 9.99 Å². The zero-order chi connectivity index (χ0) is 22.5. The predicted octanol–water partition coefficient (Wildman–Crippen LogP) is 4.43. The Bertz CT molecular complexity index is 1330. The Balaban J connectivity index is 1.51. The molecular formula is C24H19FN4O3. The van der Waals surface area contributed by atoms with Crippen LogP contribution in [0.3, 0.4) is 0 Å². The second-order valence-corrected chi connectivity index (χ2v) is 7.18. The third-order valence-corrected chi connectivity index (χ3v) is 5.05. The lowest BCUT2D eigenvalue weighted by atomic mass is 10.1. The molecular weight excluding hydrogens is 411 g/mol. The van der Waals surface area contributed by atoms with Crippen LogP contribution in [0.15, 0.2) is 84.1 Å². The molecule has 0 aliphatic rings. The van der Waals surface area contributed by atoms with Gasteiger partial charge >= 0.3 is 0 Å². The van der Waals surface area contributed by atoms with Crippen LogP contribution in [0.4, 0.5) is 10.1 Å². The second-order valence-electron chi connectivity index (χ2n) is 7.18. The van der Waals surface area contributed by atoms with Crippen LogP contribution in [0.5, 0.6) is 0 Å². The van der Waals surface area contributed by atoms with Gasteiger partial charge in [-0.15, -0.1) is 0 Å². The summed E-state index contributed by atoms with van der Waals surface area (Å²) in [5, 5.41) is 16.0. The summed E-state index contributed by atoms with van der Waals surface area (Å²) in [6, 6.07) is 20.3. The predicted molar refractivity (Wildman–Crippen MR) is 120 cm³/mol. The van der Waals surface area contributed by atoms with Crippen LogP contribution in [0.25, 0.3) is 10.9 Å². The molecule has 0 saturated heterocycles. The summed E-state index contributed by atoms with van der Waals surface area (Å²) >= 11 is 0. The van der Waals surface area contributed by atoms with Gasteiger partial charge in [0, 0.05) is 39.9 Å². The molecule has 1 amide bonds. The third-order valence-electron chi connectivity index (χ3n) is 5.05. The number of hydrazone groups is 1. The molecule has 0 atom stereocenters. The Kier molecular flexibility index (Phi) is 6.03. The Morgan fingerprint density at radius 1 is 1.03 bits per heavy atom. The van der Waals surface area contributed by atoms with Crippen LogP contribution < -0.4 is 5.43 Å². The Morgan fingerprint density at radius 2 is 1.72 bits per heavy atom. The smallest absolute Gasteiger partial charge is 0.273 e. The van der Waals surface area contributed by atoms with Gasteiger partial charge in [-0.3, -0.25) is 14.9 Å². The molecule has 32 heavy (non-hydrogen) atoms. The van der Waals surface area contributed by atoms with Crippen molar-refractivity contribution in [3.05, 3.63) is 112 Å². The first-order chi connectivity index (χ1) is 15.5. The van der Waals surface area contributed by atoms with Crippen LogP contribution in [-0.4, -0.2) is 21.6 Å². The number of carbonyl (C=O) groups is 1. The van der Waals surface area contributed by atoms with Crippen LogP contribution in [0.2, 0.25) is 0 Å². The van der Waals surface area contributed by atoms with Crippen molar-refractivity contribution in [1.29, 1.82) is 0 Å². The molecule has 1 N–H and O–H groups in total. The number of nitro benzene ring substituents is 1. The van der Waals surface area contributed by atoms with Gasteiger partial charge in [-0.2, -0.15) is 5.10 Å². The number of rotatable bonds is 7. The van der Waals surface area contributed by atoms with Crippen LogP contribution in [0.1, 0.15) is 16.7 Å². The highest BCUT2D eigenvalue weighted by molar-refractivity contribution is 5.99. The van der Waals surface area contributed by atoms with Gasteiger partial charge in [-0.25, -0.2) is 9.82 Å². The Morgan fingerprint density at radius 3 is 2.50 bits per heavy atom. The second kappa shape index (κ2) is 9.22. The number of aromatic nitrogens is 1. The van der Waals surface area contributed by atoms with Gasteiger partial charge in [-0.05, 0) is 12.1 Å². The lowest BCUT2D eigenvalue weighted by Crippen LogP contribution is -2.20. The Labute approximate surface area is 183 Å². The molecule has 0 bridgehead atoms. The summed E-state index contributed by atoms with van der Waals surface area (Å²) in [7, 11) is 0. The Hall–Kier alpha value is -4.33. The number of hydrogen-bond donors (Lipinski definition) is 1. The number of halogens is 1. The molecule has 4 rings (SSSR count). The molecule has 0 fully saturated rings. The molecule has 0 saturated carbocycles. The number of para-hydroxylation sites is 2. The lowest BCUT2D eigenvalue weighted by Gasteiger charge is -2.06. The molecule has 8 heteroatoms. The maximum atomic E-state index is 14.1. The van der Waals surface area contributed by atoms with E-state index in [0.29, 0.717) is 17.7 Å². The molecule has 3 aromatic carbocycles. The zero-order valence-corrected chi connectivity index (χ0v) is 16.9. The largest absolute Gasteiger partial charge is 0.342 e. The maximum absolute atomic E-state index is 14.1. The standard InChI is InChI=1S/C24H19FN4O3/c25-21-10-4-1-8-18(21)15-28-16-19(20-9-3-6-12-23(20)28)14-26-27-24(30)13-17-7-2-5-11-22(17)29(31)32/h1-12,14,16H,13,15H2,(H,27,30)/b26-14+. The van der Waals surface area contributed by atoms with Gasteiger partial charge < -0.3 is 4.57 Å². The van der Waals surface area contributed by atoms with Crippen molar-refractivity contribution < 1.29 is 14.1 Å². The van der Waals surface area contributed by atoms with E-state index in [2.05, 4.69) is 10.5 Å². The number of nitrogens with zero attached hydrogens (tertiary/aromatic N) is 3. The average molecular weight is 430 g/mol. The highest BCUT2D eigenvalue weighted by atomic mass is 19.1. The molecule has 160 valence electrons. The van der Waals surface area contributed by atoms with Crippen molar-refractivity contribution >= 4 is 28.7 Å². The van der Waals surface area contributed by atoms with Gasteiger partial charge in [0.25, 0.3) is 5.69 Å². The summed E-state index contributed by atoms with van der Waals surface area (Å²) < 4.78 is 16.0. The van der Waals surface area contributed by atoms with Gasteiger partial charge in [0.2, 0.25) is 5.91 Å². The first-order valence-corrected chi connectivity index (χ1v) is 9.88. The topological polar surface area (TPSA) is 89.5 Å². The van der Waals surface area contributed by atoms with E-state index in [9.17, 15) is 19.3 Å². The van der Waals surface area contributed by atoms with Gasteiger partial charge in [-0.1, -0.05) is 54.6 Å². The van der Waals surface area contributed by atoms with Gasteiger partial charge in [0.1, 0.15) is 5.82 Å². The number of benzene rings is 3. The summed E-state index contributed by atoms with van der Waals surface area (Å²) in [5.41, 5.74) is 4.84. The minimum absolute atomic E-state index is 0.108. The van der Waals surface area contributed by atoms with Crippen molar-refractivity contribution in [2.24, 2.45) is 5.10 Å². The summed E-state index contributed by atoms with van der Waals surface area (Å²) in [4.78, 5) is 22.8. The fraction of sp³-hybridized carbons (Fsp3) is 0.0833. The van der Waals surface area contributed by atoms with E-state index in [1.165, 1.54) is 24.4 Å². The summed E-state index contributed by atoms with van der Waals surface area (Å²) in [5.74, 6) is -0.742. The number of carbonyl (C=O) groups excluding carboxylic acids is 1.